The molecule has 14 atom stereocenters. The van der Waals surface area contributed by atoms with Crippen LogP contribution in [0.1, 0.15) is 202 Å². The highest BCUT2D eigenvalue weighted by atomic mass is 16.7. The third kappa shape index (κ3) is 11.8. The van der Waals surface area contributed by atoms with Crippen molar-refractivity contribution in [1.82, 2.24) is 0 Å². The van der Waals surface area contributed by atoms with Crippen molar-refractivity contribution in [1.29, 1.82) is 0 Å². The molecule has 0 bridgehead atoms. The predicted molar refractivity (Wildman–Crippen MR) is 235 cm³/mol. The second kappa shape index (κ2) is 22.7. The van der Waals surface area contributed by atoms with Crippen molar-refractivity contribution < 1.29 is 34.3 Å². The van der Waals surface area contributed by atoms with Gasteiger partial charge in [0.25, 0.3) is 0 Å². The summed E-state index contributed by atoms with van der Waals surface area (Å²) in [6.45, 7) is 18.6. The van der Waals surface area contributed by atoms with Gasteiger partial charge in [-0.3, -0.25) is 4.79 Å². The number of carbonyl (C=O) groups is 1. The Labute approximate surface area is 354 Å². The molecule has 3 N–H and O–H groups in total. The average Bonchev–Trinajstić information content (AvgIpc) is 3.56. The summed E-state index contributed by atoms with van der Waals surface area (Å²) in [5, 5.41) is 32.5. The lowest BCUT2D eigenvalue weighted by atomic mass is 9.47. The molecule has 0 unspecified atom stereocenters. The van der Waals surface area contributed by atoms with Gasteiger partial charge in [0.15, 0.2) is 6.29 Å². The molecule has 5 rings (SSSR count). The van der Waals surface area contributed by atoms with E-state index in [4.69, 9.17) is 14.2 Å². The maximum Gasteiger partial charge on any atom is 0.305 e. The summed E-state index contributed by atoms with van der Waals surface area (Å²) < 4.78 is 18.0. The van der Waals surface area contributed by atoms with Gasteiger partial charge in [0, 0.05) is 6.42 Å². The second-order valence-corrected chi connectivity index (χ2v) is 20.7. The second-order valence-electron chi connectivity index (χ2n) is 20.7. The van der Waals surface area contributed by atoms with Crippen molar-refractivity contribution in [3.8, 4) is 0 Å². The maximum atomic E-state index is 12.6. The van der Waals surface area contributed by atoms with Crippen molar-refractivity contribution in [2.45, 2.75) is 239 Å². The first kappa shape index (κ1) is 47.8. The zero-order chi connectivity index (χ0) is 41.9. The number of hydrogen-bond donors (Lipinski definition) is 3. The standard InChI is InChI=1S/C51H88O7/c1-8-10-11-12-13-14-15-16-17-18-19-20-21-22-45(52)56-34-44-46(53)47(54)48(55)49(58-44)57-39-29-31-50(6)38(33-39)25-26-40-42-28-27-41(51(42,7)32-30-43(40)50)36(5)23-24-37(9-2)35(3)4/h25,36-37,39-44,46-49,53-55H,3,8-24,26-34H2,1-2,4-7H3/t36-,37+,39+,40+,41-,42+,43+,44-,46-,47+,48-,49-,50+,51-/m1/s1. The zero-order valence-corrected chi connectivity index (χ0v) is 38.1. The molecule has 1 aliphatic heterocycles. The minimum Gasteiger partial charge on any atom is -0.463 e. The fourth-order valence-corrected chi connectivity index (χ4v) is 13.1. The van der Waals surface area contributed by atoms with Crippen LogP contribution in [0.3, 0.4) is 0 Å². The molecule has 4 aliphatic carbocycles. The Morgan fingerprint density at radius 3 is 2.14 bits per heavy atom. The molecule has 0 radical (unpaired) electrons. The number of esters is 1. The first-order valence-corrected chi connectivity index (χ1v) is 24.7. The van der Waals surface area contributed by atoms with Gasteiger partial charge < -0.3 is 29.5 Å². The van der Waals surface area contributed by atoms with Gasteiger partial charge in [-0.1, -0.05) is 135 Å². The molecule has 0 spiro atoms. The van der Waals surface area contributed by atoms with Crippen LogP contribution in [0.2, 0.25) is 0 Å². The molecule has 7 heteroatoms. The van der Waals surface area contributed by atoms with E-state index in [1.165, 1.54) is 120 Å². The van der Waals surface area contributed by atoms with Crippen LogP contribution in [0.5, 0.6) is 0 Å². The highest BCUT2D eigenvalue weighted by Crippen LogP contribution is 2.67. The van der Waals surface area contributed by atoms with Gasteiger partial charge in [-0.2, -0.15) is 0 Å². The van der Waals surface area contributed by atoms with E-state index in [0.29, 0.717) is 23.7 Å². The van der Waals surface area contributed by atoms with Crippen LogP contribution >= 0.6 is 0 Å². The Hall–Kier alpha value is -1.25. The topological polar surface area (TPSA) is 105 Å². The monoisotopic (exact) mass is 813 g/mol. The summed E-state index contributed by atoms with van der Waals surface area (Å²) in [6, 6.07) is 0. The average molecular weight is 813 g/mol. The van der Waals surface area contributed by atoms with E-state index in [1.54, 1.807) is 0 Å². The fraction of sp³-hybridized carbons (Fsp3) is 0.902. The summed E-state index contributed by atoms with van der Waals surface area (Å²) in [4.78, 5) is 12.6. The molecular formula is C51H88O7. The summed E-state index contributed by atoms with van der Waals surface area (Å²) >= 11 is 0. The number of ether oxygens (including phenoxy) is 3. The Balaban J connectivity index is 1.04. The lowest BCUT2D eigenvalue weighted by molar-refractivity contribution is -0.313. The predicted octanol–water partition coefficient (Wildman–Crippen LogP) is 11.8. The SMILES string of the molecule is C=C(C)[C@@H](CC)CC[C@@H](C)[C@H]1CC[C@H]2[C@@H]3CC=C4C[C@@H](O[C@@H]5O[C@H](COC(=O)CCCCCCCCCCCCCCC)[C@@H](O)[C@H](O)[C@H]5O)CC[C@]4(C)[C@H]3CC[C@]12C. The number of fused-ring (bicyclic) bond motifs is 5. The Morgan fingerprint density at radius 2 is 1.50 bits per heavy atom. The molecule has 0 aromatic carbocycles. The highest BCUT2D eigenvalue weighted by Gasteiger charge is 2.59. The van der Waals surface area contributed by atoms with Crippen LogP contribution in [-0.4, -0.2) is 64.7 Å². The molecule has 1 heterocycles. The number of unbranched alkanes of at least 4 members (excludes halogenated alkanes) is 12. The van der Waals surface area contributed by atoms with Crippen LogP contribution in [0.4, 0.5) is 0 Å². The Morgan fingerprint density at radius 1 is 0.845 bits per heavy atom. The van der Waals surface area contributed by atoms with Crippen molar-refractivity contribution in [3.63, 3.8) is 0 Å². The molecule has 7 nitrogen and oxygen atoms in total. The molecule has 0 amide bonds. The fourth-order valence-electron chi connectivity index (χ4n) is 13.1. The smallest absolute Gasteiger partial charge is 0.305 e. The number of aliphatic hydroxyl groups is 3. The van der Waals surface area contributed by atoms with E-state index in [2.05, 4.69) is 54.2 Å². The summed E-state index contributed by atoms with van der Waals surface area (Å²) in [6.07, 6.45) is 25.7. The first-order valence-electron chi connectivity index (χ1n) is 24.7. The minimum atomic E-state index is -1.44. The zero-order valence-electron chi connectivity index (χ0n) is 38.1. The number of allylic oxidation sites excluding steroid dienone is 2. The van der Waals surface area contributed by atoms with Gasteiger partial charge in [0.05, 0.1) is 6.10 Å². The lowest BCUT2D eigenvalue weighted by Gasteiger charge is -2.58. The van der Waals surface area contributed by atoms with Crippen LogP contribution in [-0.2, 0) is 19.0 Å². The van der Waals surface area contributed by atoms with E-state index < -0.39 is 30.7 Å². The van der Waals surface area contributed by atoms with Crippen LogP contribution in [0.25, 0.3) is 0 Å². The van der Waals surface area contributed by atoms with Gasteiger partial charge >= 0.3 is 5.97 Å². The van der Waals surface area contributed by atoms with E-state index in [0.717, 1.165) is 68.6 Å². The molecular weight excluding hydrogens is 725 g/mol. The quantitative estimate of drug-likeness (QED) is 0.0506. The van der Waals surface area contributed by atoms with Gasteiger partial charge in [0.1, 0.15) is 31.0 Å². The Bertz CT molecular complexity index is 1300. The van der Waals surface area contributed by atoms with E-state index >= 15 is 0 Å². The maximum absolute atomic E-state index is 12.6. The van der Waals surface area contributed by atoms with Crippen LogP contribution in [0, 0.1) is 46.3 Å². The molecule has 0 aromatic rings. The molecule has 4 fully saturated rings. The van der Waals surface area contributed by atoms with E-state index in [-0.39, 0.29) is 24.1 Å². The number of rotatable bonds is 24. The Kier molecular flexibility index (Phi) is 18.7. The lowest BCUT2D eigenvalue weighted by Crippen LogP contribution is -2.60. The summed E-state index contributed by atoms with van der Waals surface area (Å²) in [7, 11) is 0. The summed E-state index contributed by atoms with van der Waals surface area (Å²) in [5.74, 6) is 4.15. The molecule has 5 aliphatic rings. The molecule has 334 valence electrons. The largest absolute Gasteiger partial charge is 0.463 e. The third-order valence-electron chi connectivity index (χ3n) is 16.9. The van der Waals surface area contributed by atoms with Crippen molar-refractivity contribution in [2.75, 3.05) is 6.61 Å². The number of hydrogen-bond acceptors (Lipinski definition) is 7. The summed E-state index contributed by atoms with van der Waals surface area (Å²) in [5.41, 5.74) is 3.44. The van der Waals surface area contributed by atoms with Crippen molar-refractivity contribution in [2.24, 2.45) is 46.3 Å². The highest BCUT2D eigenvalue weighted by molar-refractivity contribution is 5.69. The normalized spacial score (nSPS) is 36.9. The van der Waals surface area contributed by atoms with Crippen molar-refractivity contribution >= 4 is 5.97 Å². The van der Waals surface area contributed by atoms with Gasteiger partial charge in [-0.05, 0) is 130 Å². The van der Waals surface area contributed by atoms with E-state index in [9.17, 15) is 20.1 Å². The molecule has 1 saturated heterocycles. The third-order valence-corrected chi connectivity index (χ3v) is 16.9. The minimum absolute atomic E-state index is 0.145. The first-order chi connectivity index (χ1) is 27.8. The van der Waals surface area contributed by atoms with Gasteiger partial charge in [-0.15, -0.1) is 0 Å². The van der Waals surface area contributed by atoms with Crippen molar-refractivity contribution in [3.05, 3.63) is 23.8 Å². The van der Waals surface area contributed by atoms with Gasteiger partial charge in [0.2, 0.25) is 0 Å². The molecule has 0 aromatic heterocycles. The van der Waals surface area contributed by atoms with Gasteiger partial charge in [-0.25, -0.2) is 0 Å². The van der Waals surface area contributed by atoms with Crippen LogP contribution < -0.4 is 0 Å². The number of carbonyl (C=O) groups excluding carboxylic acids is 1. The number of aliphatic hydroxyl groups excluding tert-OH is 3. The van der Waals surface area contributed by atoms with E-state index in [1.807, 2.05) is 0 Å². The molecule has 58 heavy (non-hydrogen) atoms. The van der Waals surface area contributed by atoms with Crippen LogP contribution in [0.15, 0.2) is 23.8 Å². The molecule has 3 saturated carbocycles.